The van der Waals surface area contributed by atoms with Gasteiger partial charge in [-0.05, 0) is 28.5 Å². The van der Waals surface area contributed by atoms with E-state index in [-0.39, 0.29) is 17.3 Å². The molecule has 3 rings (SSSR count). The molecule has 0 amide bonds. The van der Waals surface area contributed by atoms with Crippen molar-refractivity contribution in [1.29, 1.82) is 0 Å². The molecule has 0 aliphatic rings. The maximum atomic E-state index is 14.2. The minimum atomic E-state index is -0.370. The van der Waals surface area contributed by atoms with E-state index in [0.717, 1.165) is 5.52 Å². The summed E-state index contributed by atoms with van der Waals surface area (Å²) in [5, 5.41) is 7.56. The van der Waals surface area contributed by atoms with Crippen molar-refractivity contribution in [2.75, 3.05) is 5.73 Å². The molecule has 2 N–H and O–H groups in total. The highest BCUT2D eigenvalue weighted by Gasteiger charge is 2.16. The number of rotatable bonds is 1. The van der Waals surface area contributed by atoms with Crippen molar-refractivity contribution in [3.8, 4) is 11.3 Å². The summed E-state index contributed by atoms with van der Waals surface area (Å²) in [5.74, 6) is -0.287. The van der Waals surface area contributed by atoms with Crippen molar-refractivity contribution in [2.45, 2.75) is 0 Å². The highest BCUT2D eigenvalue weighted by Crippen LogP contribution is 2.30. The van der Waals surface area contributed by atoms with Gasteiger partial charge in [-0.2, -0.15) is 0 Å². The molecule has 0 unspecified atom stereocenters. The van der Waals surface area contributed by atoms with Crippen LogP contribution in [0.1, 0.15) is 0 Å². The number of anilines is 1. The second-order valence-electron chi connectivity index (χ2n) is 3.78. The minimum Gasteiger partial charge on any atom is -0.379 e. The Bertz CT molecular complexity index is 701. The first-order valence-corrected chi connectivity index (χ1v) is 5.00. The van der Waals surface area contributed by atoms with E-state index in [4.69, 9.17) is 5.73 Å². The van der Waals surface area contributed by atoms with Crippen LogP contribution in [-0.2, 0) is 7.05 Å². The first-order valence-electron chi connectivity index (χ1n) is 5.00. The topological polar surface area (TPSA) is 69.9 Å². The van der Waals surface area contributed by atoms with Crippen molar-refractivity contribution in [1.82, 2.24) is 14.9 Å². The zero-order valence-corrected chi connectivity index (χ0v) is 9.01. The van der Waals surface area contributed by atoms with Crippen molar-refractivity contribution in [3.05, 3.63) is 30.2 Å². The molecule has 5 nitrogen and oxygen atoms in total. The van der Waals surface area contributed by atoms with Gasteiger partial charge in [0.05, 0.1) is 5.52 Å². The summed E-state index contributed by atoms with van der Waals surface area (Å²) in [6, 6.07) is 5.13. The van der Waals surface area contributed by atoms with Gasteiger partial charge in [-0.3, -0.25) is 0 Å². The van der Waals surface area contributed by atoms with Gasteiger partial charge in [0.15, 0.2) is 11.5 Å². The Morgan fingerprint density at radius 2 is 2.12 bits per heavy atom. The molecule has 0 atom stereocenters. The lowest BCUT2D eigenvalue weighted by Crippen LogP contribution is -1.92. The quantitative estimate of drug-likeness (QED) is 0.696. The molecule has 2 heterocycles. The van der Waals surface area contributed by atoms with Crippen LogP contribution in [0, 0.1) is 5.82 Å². The molecule has 0 radical (unpaired) electrons. The number of hydrogen-bond donors (Lipinski definition) is 1. The molecule has 0 fully saturated rings. The Hall–Kier alpha value is -2.37. The number of hydrogen-bond acceptors (Lipinski definition) is 4. The zero-order chi connectivity index (χ0) is 12.0. The van der Waals surface area contributed by atoms with Crippen LogP contribution in [0.5, 0.6) is 0 Å². The van der Waals surface area contributed by atoms with E-state index in [1.54, 1.807) is 18.3 Å². The number of fused-ring (bicyclic) bond motifs is 1. The van der Waals surface area contributed by atoms with E-state index in [1.165, 1.54) is 0 Å². The van der Waals surface area contributed by atoms with Crippen LogP contribution in [-0.4, -0.2) is 14.9 Å². The van der Waals surface area contributed by atoms with Crippen LogP contribution in [0.25, 0.3) is 22.2 Å². The van der Waals surface area contributed by atoms with E-state index in [1.807, 2.05) is 17.7 Å². The van der Waals surface area contributed by atoms with Gasteiger partial charge >= 0.3 is 0 Å². The van der Waals surface area contributed by atoms with Gasteiger partial charge in [0.1, 0.15) is 5.82 Å². The summed E-state index contributed by atoms with van der Waals surface area (Å²) in [4.78, 5) is 0. The lowest BCUT2D eigenvalue weighted by Gasteiger charge is -2.02. The number of aryl methyl sites for hydroxylation is 1. The number of nitrogens with two attached hydrogens (primary N) is 1. The van der Waals surface area contributed by atoms with Gasteiger partial charge < -0.3 is 10.3 Å². The Kier molecular flexibility index (Phi) is 1.91. The van der Waals surface area contributed by atoms with E-state index in [0.29, 0.717) is 10.9 Å². The van der Waals surface area contributed by atoms with E-state index in [9.17, 15) is 4.39 Å². The van der Waals surface area contributed by atoms with Gasteiger partial charge in [0.25, 0.3) is 0 Å². The molecule has 0 aliphatic heterocycles. The Morgan fingerprint density at radius 3 is 2.82 bits per heavy atom. The molecule has 0 saturated heterocycles. The summed E-state index contributed by atoms with van der Waals surface area (Å²) in [5.41, 5.74) is 6.88. The third kappa shape index (κ3) is 1.30. The highest BCUT2D eigenvalue weighted by molar-refractivity contribution is 5.87. The van der Waals surface area contributed by atoms with Crippen molar-refractivity contribution in [3.63, 3.8) is 0 Å². The Morgan fingerprint density at radius 1 is 1.29 bits per heavy atom. The van der Waals surface area contributed by atoms with Crippen LogP contribution in [0.3, 0.4) is 0 Å². The molecular weight excluding hydrogens is 223 g/mol. The maximum absolute atomic E-state index is 14.2. The predicted octanol–water partition coefficient (Wildman–Crippen LogP) is 1.95. The molecule has 1 aromatic carbocycles. The van der Waals surface area contributed by atoms with Gasteiger partial charge in [-0.25, -0.2) is 9.02 Å². The first kappa shape index (κ1) is 9.83. The second-order valence-corrected chi connectivity index (χ2v) is 3.78. The molecule has 6 heteroatoms. The minimum absolute atomic E-state index is 0.0826. The van der Waals surface area contributed by atoms with Gasteiger partial charge in [0.2, 0.25) is 0 Å². The summed E-state index contributed by atoms with van der Waals surface area (Å²) < 4.78 is 20.6. The van der Waals surface area contributed by atoms with Crippen LogP contribution < -0.4 is 5.73 Å². The molecule has 2 aromatic heterocycles. The molecule has 0 bridgehead atoms. The number of halogens is 1. The van der Waals surface area contributed by atoms with Gasteiger partial charge in [-0.1, -0.05) is 0 Å². The molecule has 0 spiro atoms. The van der Waals surface area contributed by atoms with Crippen molar-refractivity contribution in [2.24, 2.45) is 7.05 Å². The van der Waals surface area contributed by atoms with Gasteiger partial charge in [0, 0.05) is 24.2 Å². The predicted molar refractivity (Wildman–Crippen MR) is 60.6 cm³/mol. The number of benzene rings is 1. The van der Waals surface area contributed by atoms with Crippen LogP contribution >= 0.6 is 0 Å². The summed E-state index contributed by atoms with van der Waals surface area (Å²) in [7, 11) is 1.85. The molecular formula is C11H9FN4O. The van der Waals surface area contributed by atoms with Crippen LogP contribution in [0.15, 0.2) is 29.0 Å². The van der Waals surface area contributed by atoms with E-state index in [2.05, 4.69) is 14.9 Å². The molecule has 17 heavy (non-hydrogen) atoms. The van der Waals surface area contributed by atoms with Crippen LogP contribution in [0.4, 0.5) is 10.2 Å². The number of aromatic nitrogens is 3. The zero-order valence-electron chi connectivity index (χ0n) is 9.01. The fourth-order valence-corrected chi connectivity index (χ4v) is 1.88. The monoisotopic (exact) mass is 232 g/mol. The molecule has 86 valence electrons. The smallest absolute Gasteiger partial charge is 0.196 e. The first-order chi connectivity index (χ1) is 8.18. The Labute approximate surface area is 95.6 Å². The van der Waals surface area contributed by atoms with Crippen LogP contribution in [0.2, 0.25) is 0 Å². The standard InChI is InChI=1S/C11H9FN4O/c1-16-5-4-6-8(16)3-2-7(9(6)12)10-11(13)15-17-14-10/h2-5H,1H3,(H2,13,15). The molecule has 0 saturated carbocycles. The number of nitrogen functional groups attached to an aromatic ring is 1. The summed E-state index contributed by atoms with van der Waals surface area (Å²) >= 11 is 0. The summed E-state index contributed by atoms with van der Waals surface area (Å²) in [6.45, 7) is 0. The Balaban J connectivity index is 2.32. The normalized spacial score (nSPS) is 11.2. The fourth-order valence-electron chi connectivity index (χ4n) is 1.88. The molecule has 0 aliphatic carbocycles. The lowest BCUT2D eigenvalue weighted by molar-refractivity contribution is 0.310. The highest BCUT2D eigenvalue weighted by atomic mass is 19.1. The van der Waals surface area contributed by atoms with E-state index < -0.39 is 0 Å². The largest absolute Gasteiger partial charge is 0.379 e. The lowest BCUT2D eigenvalue weighted by atomic mass is 10.1. The third-order valence-electron chi connectivity index (χ3n) is 2.77. The van der Waals surface area contributed by atoms with Crippen molar-refractivity contribution >= 4 is 16.7 Å². The van der Waals surface area contributed by atoms with Gasteiger partial charge in [-0.15, -0.1) is 0 Å². The second kappa shape index (κ2) is 3.31. The van der Waals surface area contributed by atoms with Crippen molar-refractivity contribution < 1.29 is 9.02 Å². The SMILES string of the molecule is Cn1ccc2c(F)c(-c3nonc3N)ccc21. The average Bonchev–Trinajstić information content (AvgIpc) is 2.88. The fraction of sp³-hybridized carbons (Fsp3) is 0.0909. The summed E-state index contributed by atoms with van der Waals surface area (Å²) in [6.07, 6.45) is 1.79. The number of nitrogens with zero attached hydrogens (tertiary/aromatic N) is 3. The maximum Gasteiger partial charge on any atom is 0.196 e. The average molecular weight is 232 g/mol. The van der Waals surface area contributed by atoms with E-state index >= 15 is 0 Å². The third-order valence-corrected chi connectivity index (χ3v) is 2.77. The molecule has 3 aromatic rings.